The van der Waals surface area contributed by atoms with Crippen molar-refractivity contribution in [1.82, 2.24) is 5.32 Å². The number of rotatable bonds is 4. The lowest BCUT2D eigenvalue weighted by Crippen LogP contribution is -2.13. The Balaban J connectivity index is 3.08. The van der Waals surface area contributed by atoms with Gasteiger partial charge in [0.2, 0.25) is 0 Å². The first kappa shape index (κ1) is 11.9. The van der Waals surface area contributed by atoms with Crippen molar-refractivity contribution in [1.29, 1.82) is 0 Å². The van der Waals surface area contributed by atoms with Gasteiger partial charge in [0.15, 0.2) is 11.6 Å². The molecule has 0 spiro atoms. The quantitative estimate of drug-likeness (QED) is 0.833. The largest absolute Gasteiger partial charge is 0.488 e. The summed E-state index contributed by atoms with van der Waals surface area (Å²) in [6.07, 6.45) is -0.138. The molecular formula is C11H15F2NO. The standard InChI is InChI=1S/C11H15F2NO/c1-7(2)15-11-8(6-14-3)4-9(12)5-10(11)13/h4-5,7,14H,6H2,1-3H3. The minimum atomic E-state index is -0.658. The topological polar surface area (TPSA) is 21.3 Å². The molecule has 0 aliphatic heterocycles. The summed E-state index contributed by atoms with van der Waals surface area (Å²) in [5, 5.41) is 2.84. The molecule has 0 amide bonds. The molecule has 2 nitrogen and oxygen atoms in total. The van der Waals surface area contributed by atoms with Crippen LogP contribution in [0.3, 0.4) is 0 Å². The van der Waals surface area contributed by atoms with Crippen LogP contribution < -0.4 is 10.1 Å². The van der Waals surface area contributed by atoms with Crippen molar-refractivity contribution in [2.45, 2.75) is 26.5 Å². The van der Waals surface area contributed by atoms with E-state index in [1.54, 1.807) is 20.9 Å². The summed E-state index contributed by atoms with van der Waals surface area (Å²) in [4.78, 5) is 0. The van der Waals surface area contributed by atoms with Gasteiger partial charge >= 0.3 is 0 Å². The smallest absolute Gasteiger partial charge is 0.168 e. The molecule has 0 saturated carbocycles. The highest BCUT2D eigenvalue weighted by Gasteiger charge is 2.13. The lowest BCUT2D eigenvalue weighted by molar-refractivity contribution is 0.227. The maximum atomic E-state index is 13.4. The van der Waals surface area contributed by atoms with Crippen LogP contribution in [0.5, 0.6) is 5.75 Å². The molecule has 1 aromatic rings. The van der Waals surface area contributed by atoms with Crippen LogP contribution in [0.15, 0.2) is 12.1 Å². The van der Waals surface area contributed by atoms with Crippen molar-refractivity contribution < 1.29 is 13.5 Å². The Labute approximate surface area is 88.3 Å². The van der Waals surface area contributed by atoms with Gasteiger partial charge in [-0.05, 0) is 27.0 Å². The Hall–Kier alpha value is -1.16. The first-order chi connectivity index (χ1) is 7.04. The predicted octanol–water partition coefficient (Wildman–Crippen LogP) is 2.47. The number of hydrogen-bond donors (Lipinski definition) is 1. The van der Waals surface area contributed by atoms with Crippen LogP contribution in [0.25, 0.3) is 0 Å². The van der Waals surface area contributed by atoms with Gasteiger partial charge in [-0.15, -0.1) is 0 Å². The van der Waals surface area contributed by atoms with Gasteiger partial charge in [0, 0.05) is 18.2 Å². The molecule has 0 aromatic heterocycles. The van der Waals surface area contributed by atoms with Crippen molar-refractivity contribution >= 4 is 0 Å². The molecule has 84 valence electrons. The van der Waals surface area contributed by atoms with Gasteiger partial charge in [-0.2, -0.15) is 0 Å². The Bertz CT molecular complexity index is 340. The molecule has 0 saturated heterocycles. The second kappa shape index (κ2) is 5.07. The number of halogens is 2. The summed E-state index contributed by atoms with van der Waals surface area (Å²) in [6.45, 7) is 3.97. The van der Waals surface area contributed by atoms with Crippen molar-refractivity contribution in [3.05, 3.63) is 29.3 Å². The number of benzene rings is 1. The summed E-state index contributed by atoms with van der Waals surface area (Å²) < 4.78 is 31.6. The molecular weight excluding hydrogens is 200 g/mol. The average molecular weight is 215 g/mol. The zero-order chi connectivity index (χ0) is 11.4. The van der Waals surface area contributed by atoms with Crippen LogP contribution in [0.4, 0.5) is 8.78 Å². The molecule has 0 fully saturated rings. The molecule has 0 bridgehead atoms. The summed E-state index contributed by atoms with van der Waals surface area (Å²) in [5.41, 5.74) is 0.490. The first-order valence-corrected chi connectivity index (χ1v) is 4.83. The molecule has 0 aliphatic rings. The fraction of sp³-hybridized carbons (Fsp3) is 0.455. The van der Waals surface area contributed by atoms with Crippen molar-refractivity contribution in [2.24, 2.45) is 0 Å². The first-order valence-electron chi connectivity index (χ1n) is 4.83. The number of hydrogen-bond acceptors (Lipinski definition) is 2. The van der Waals surface area contributed by atoms with Gasteiger partial charge in [-0.3, -0.25) is 0 Å². The van der Waals surface area contributed by atoms with E-state index >= 15 is 0 Å². The Kier molecular flexibility index (Phi) is 4.03. The number of nitrogens with one attached hydrogen (secondary N) is 1. The minimum absolute atomic E-state index is 0.126. The summed E-state index contributed by atoms with van der Waals surface area (Å²) in [6, 6.07) is 2.11. The number of ether oxygens (including phenoxy) is 1. The zero-order valence-corrected chi connectivity index (χ0v) is 9.10. The van der Waals surface area contributed by atoms with Crippen molar-refractivity contribution in [3.63, 3.8) is 0 Å². The lowest BCUT2D eigenvalue weighted by atomic mass is 10.2. The second-order valence-electron chi connectivity index (χ2n) is 3.57. The average Bonchev–Trinajstić information content (AvgIpc) is 2.11. The van der Waals surface area contributed by atoms with E-state index in [2.05, 4.69) is 5.32 Å². The van der Waals surface area contributed by atoms with Crippen molar-refractivity contribution in [3.8, 4) is 5.75 Å². The van der Waals surface area contributed by atoms with Crippen LogP contribution in [-0.2, 0) is 6.54 Å². The van der Waals surface area contributed by atoms with Crippen LogP contribution in [0.2, 0.25) is 0 Å². The van der Waals surface area contributed by atoms with E-state index in [1.807, 2.05) is 0 Å². The molecule has 0 heterocycles. The lowest BCUT2D eigenvalue weighted by Gasteiger charge is -2.15. The summed E-state index contributed by atoms with van der Waals surface area (Å²) in [5.74, 6) is -1.12. The van der Waals surface area contributed by atoms with E-state index < -0.39 is 11.6 Å². The van der Waals surface area contributed by atoms with Gasteiger partial charge in [0.1, 0.15) is 5.82 Å². The summed E-state index contributed by atoms with van der Waals surface area (Å²) >= 11 is 0. The van der Waals surface area contributed by atoms with Crippen LogP contribution in [0, 0.1) is 11.6 Å². The Morgan fingerprint density at radius 3 is 2.53 bits per heavy atom. The SMILES string of the molecule is CNCc1cc(F)cc(F)c1OC(C)C. The minimum Gasteiger partial charge on any atom is -0.488 e. The van der Waals surface area contributed by atoms with E-state index in [1.165, 1.54) is 6.07 Å². The van der Waals surface area contributed by atoms with Gasteiger partial charge in [-0.1, -0.05) is 0 Å². The highest BCUT2D eigenvalue weighted by atomic mass is 19.1. The van der Waals surface area contributed by atoms with E-state index in [4.69, 9.17) is 4.74 Å². The van der Waals surface area contributed by atoms with Gasteiger partial charge in [-0.25, -0.2) is 8.78 Å². The molecule has 1 aromatic carbocycles. The Morgan fingerprint density at radius 2 is 2.00 bits per heavy atom. The predicted molar refractivity (Wildman–Crippen MR) is 54.9 cm³/mol. The molecule has 0 radical (unpaired) electrons. The van der Waals surface area contributed by atoms with Crippen LogP contribution in [-0.4, -0.2) is 13.2 Å². The highest BCUT2D eigenvalue weighted by Crippen LogP contribution is 2.25. The molecule has 0 unspecified atom stereocenters. The van der Waals surface area contributed by atoms with Crippen LogP contribution in [0.1, 0.15) is 19.4 Å². The molecule has 1 rings (SSSR count). The fourth-order valence-corrected chi connectivity index (χ4v) is 1.30. The normalized spacial score (nSPS) is 10.8. The van der Waals surface area contributed by atoms with E-state index in [0.29, 0.717) is 12.1 Å². The van der Waals surface area contributed by atoms with E-state index in [-0.39, 0.29) is 11.9 Å². The monoisotopic (exact) mass is 215 g/mol. The Morgan fingerprint density at radius 1 is 1.33 bits per heavy atom. The van der Waals surface area contributed by atoms with E-state index in [9.17, 15) is 8.78 Å². The van der Waals surface area contributed by atoms with Gasteiger partial charge in [0.25, 0.3) is 0 Å². The molecule has 0 aliphatic carbocycles. The fourth-order valence-electron chi connectivity index (χ4n) is 1.30. The molecule has 1 N–H and O–H groups in total. The maximum absolute atomic E-state index is 13.4. The summed E-state index contributed by atoms with van der Waals surface area (Å²) in [7, 11) is 1.71. The van der Waals surface area contributed by atoms with Gasteiger partial charge < -0.3 is 10.1 Å². The van der Waals surface area contributed by atoms with Crippen molar-refractivity contribution in [2.75, 3.05) is 7.05 Å². The third kappa shape index (κ3) is 3.16. The third-order valence-electron chi connectivity index (χ3n) is 1.81. The van der Waals surface area contributed by atoms with Crippen LogP contribution >= 0.6 is 0 Å². The second-order valence-corrected chi connectivity index (χ2v) is 3.57. The van der Waals surface area contributed by atoms with E-state index in [0.717, 1.165) is 6.07 Å². The highest BCUT2D eigenvalue weighted by molar-refractivity contribution is 5.35. The maximum Gasteiger partial charge on any atom is 0.168 e. The molecule has 15 heavy (non-hydrogen) atoms. The van der Waals surface area contributed by atoms with Gasteiger partial charge in [0.05, 0.1) is 6.10 Å². The molecule has 0 atom stereocenters. The zero-order valence-electron chi connectivity index (χ0n) is 9.10. The third-order valence-corrected chi connectivity index (χ3v) is 1.81. The molecule has 4 heteroatoms.